The molecule has 0 fully saturated rings. The highest BCUT2D eigenvalue weighted by Crippen LogP contribution is 2.12. The van der Waals surface area contributed by atoms with Gasteiger partial charge in [-0.2, -0.15) is 0 Å². The molecule has 0 aromatic rings. The Morgan fingerprint density at radius 1 is 1.77 bits per heavy atom. The molecule has 0 spiro atoms. The first-order valence-electron chi connectivity index (χ1n) is 4.26. The van der Waals surface area contributed by atoms with Crippen LogP contribution in [0.2, 0.25) is 0 Å². The van der Waals surface area contributed by atoms with E-state index in [0.717, 1.165) is 0 Å². The topological polar surface area (TPSA) is 47.9 Å². The van der Waals surface area contributed by atoms with Gasteiger partial charge in [-0.25, -0.2) is 9.79 Å². The normalized spacial score (nSPS) is 26.3. The maximum Gasteiger partial charge on any atom is 0.335 e. The summed E-state index contributed by atoms with van der Waals surface area (Å²) >= 11 is 0. The molecule has 1 heterocycles. The Kier molecular flexibility index (Phi) is 3.49. The summed E-state index contributed by atoms with van der Waals surface area (Å²) < 4.78 is 9.93. The van der Waals surface area contributed by atoms with E-state index >= 15 is 0 Å². The highest BCUT2D eigenvalue weighted by molar-refractivity contribution is 5.80. The Labute approximate surface area is 77.2 Å². The number of carbonyl (C=O) groups is 1. The van der Waals surface area contributed by atoms with E-state index in [2.05, 4.69) is 4.99 Å². The van der Waals surface area contributed by atoms with Gasteiger partial charge < -0.3 is 9.47 Å². The predicted octanol–water partition coefficient (Wildman–Crippen LogP) is 0.921. The van der Waals surface area contributed by atoms with E-state index in [1.54, 1.807) is 13.0 Å². The van der Waals surface area contributed by atoms with Gasteiger partial charge in [0.05, 0.1) is 6.61 Å². The molecule has 0 saturated heterocycles. The fourth-order valence-corrected chi connectivity index (χ4v) is 1.09. The van der Waals surface area contributed by atoms with E-state index in [1.165, 1.54) is 6.40 Å². The summed E-state index contributed by atoms with van der Waals surface area (Å²) in [6, 6.07) is -0.531. The largest absolute Gasteiger partial charge is 0.473 e. The summed E-state index contributed by atoms with van der Waals surface area (Å²) in [6.07, 6.45) is 4.61. The van der Waals surface area contributed by atoms with Gasteiger partial charge in [-0.15, -0.1) is 0 Å². The lowest BCUT2D eigenvalue weighted by Gasteiger charge is -2.11. The van der Waals surface area contributed by atoms with Gasteiger partial charge in [-0.3, -0.25) is 0 Å². The van der Waals surface area contributed by atoms with Crippen LogP contribution >= 0.6 is 0 Å². The third kappa shape index (κ3) is 2.31. The molecule has 1 rings (SSSR count). The number of aliphatic imine (C=N–C) groups is 1. The highest BCUT2D eigenvalue weighted by atomic mass is 16.5. The molecule has 72 valence electrons. The minimum Gasteiger partial charge on any atom is -0.473 e. The highest BCUT2D eigenvalue weighted by Gasteiger charge is 2.31. The van der Waals surface area contributed by atoms with Crippen molar-refractivity contribution < 1.29 is 14.3 Å². The van der Waals surface area contributed by atoms with Crippen LogP contribution in [0.5, 0.6) is 0 Å². The average Bonchev–Trinajstić information content (AvgIpc) is 2.54. The molecule has 1 aliphatic rings. The minimum atomic E-state index is -0.531. The summed E-state index contributed by atoms with van der Waals surface area (Å²) in [5, 5.41) is 0. The monoisotopic (exact) mass is 183 g/mol. The van der Waals surface area contributed by atoms with Gasteiger partial charge in [-0.05, 0) is 19.9 Å². The third-order valence-electron chi connectivity index (χ3n) is 1.66. The van der Waals surface area contributed by atoms with Crippen LogP contribution in [0, 0.1) is 0 Å². The van der Waals surface area contributed by atoms with Crippen molar-refractivity contribution in [2.75, 3.05) is 6.61 Å². The van der Waals surface area contributed by atoms with E-state index in [4.69, 9.17) is 9.47 Å². The van der Waals surface area contributed by atoms with Crippen molar-refractivity contribution in [3.05, 3.63) is 12.2 Å². The molecule has 0 amide bonds. The molecule has 0 saturated carbocycles. The number of hydrogen-bond donors (Lipinski definition) is 0. The van der Waals surface area contributed by atoms with E-state index in [-0.39, 0.29) is 12.1 Å². The molecular weight excluding hydrogens is 170 g/mol. The van der Waals surface area contributed by atoms with Crippen LogP contribution in [0.3, 0.4) is 0 Å². The first-order chi connectivity index (χ1) is 6.29. The minimum absolute atomic E-state index is 0.302. The molecule has 13 heavy (non-hydrogen) atoms. The van der Waals surface area contributed by atoms with E-state index in [9.17, 15) is 4.79 Å². The number of nitrogens with zero attached hydrogens (tertiary/aromatic N) is 1. The van der Waals surface area contributed by atoms with Crippen LogP contribution in [0.1, 0.15) is 13.8 Å². The van der Waals surface area contributed by atoms with Gasteiger partial charge in [0.1, 0.15) is 0 Å². The average molecular weight is 183 g/mol. The number of ether oxygens (including phenoxy) is 2. The lowest BCUT2D eigenvalue weighted by molar-refractivity contribution is -0.145. The Bertz CT molecular complexity index is 235. The Hall–Kier alpha value is -1.32. The molecule has 2 atom stereocenters. The molecule has 1 aliphatic heterocycles. The zero-order valence-electron chi connectivity index (χ0n) is 7.77. The van der Waals surface area contributed by atoms with Crippen molar-refractivity contribution in [1.29, 1.82) is 0 Å². The molecule has 0 radical (unpaired) electrons. The second-order valence-electron chi connectivity index (χ2n) is 2.58. The van der Waals surface area contributed by atoms with Crippen molar-refractivity contribution in [3.8, 4) is 0 Å². The van der Waals surface area contributed by atoms with Crippen molar-refractivity contribution in [2.24, 2.45) is 4.99 Å². The van der Waals surface area contributed by atoms with Gasteiger partial charge in [0.25, 0.3) is 0 Å². The summed E-state index contributed by atoms with van der Waals surface area (Å²) in [6.45, 7) is 4.00. The molecule has 4 heteroatoms. The number of carbonyl (C=O) groups excluding carboxylic acids is 1. The van der Waals surface area contributed by atoms with Gasteiger partial charge in [0.15, 0.2) is 18.5 Å². The molecule has 0 aromatic carbocycles. The van der Waals surface area contributed by atoms with Crippen LogP contribution in [0.15, 0.2) is 17.1 Å². The molecule has 0 aromatic heterocycles. The number of esters is 1. The van der Waals surface area contributed by atoms with Crippen molar-refractivity contribution in [1.82, 2.24) is 0 Å². The first-order valence-corrected chi connectivity index (χ1v) is 4.26. The van der Waals surface area contributed by atoms with Gasteiger partial charge in [-0.1, -0.05) is 6.08 Å². The lowest BCUT2D eigenvalue weighted by atomic mass is 10.1. The maximum atomic E-state index is 11.3. The van der Waals surface area contributed by atoms with Crippen molar-refractivity contribution in [2.45, 2.75) is 26.0 Å². The predicted molar refractivity (Wildman–Crippen MR) is 48.6 cm³/mol. The Morgan fingerprint density at radius 2 is 2.54 bits per heavy atom. The van der Waals surface area contributed by atoms with Crippen LogP contribution in [0.4, 0.5) is 0 Å². The third-order valence-corrected chi connectivity index (χ3v) is 1.66. The van der Waals surface area contributed by atoms with E-state index in [1.807, 2.05) is 13.0 Å². The van der Waals surface area contributed by atoms with Crippen molar-refractivity contribution >= 4 is 12.4 Å². The zero-order chi connectivity index (χ0) is 9.68. The van der Waals surface area contributed by atoms with Crippen LogP contribution in [-0.4, -0.2) is 31.1 Å². The summed E-state index contributed by atoms with van der Waals surface area (Å²) in [5.74, 6) is -0.334. The number of hydrogen-bond acceptors (Lipinski definition) is 4. The quantitative estimate of drug-likeness (QED) is 0.483. The van der Waals surface area contributed by atoms with Crippen LogP contribution < -0.4 is 0 Å². The van der Waals surface area contributed by atoms with Gasteiger partial charge >= 0.3 is 5.97 Å². The summed E-state index contributed by atoms with van der Waals surface area (Å²) in [5.41, 5.74) is 0. The second kappa shape index (κ2) is 4.64. The molecule has 2 unspecified atom stereocenters. The smallest absolute Gasteiger partial charge is 0.335 e. The lowest BCUT2D eigenvalue weighted by Crippen LogP contribution is -2.30. The fourth-order valence-electron chi connectivity index (χ4n) is 1.09. The van der Waals surface area contributed by atoms with Gasteiger partial charge in [0.2, 0.25) is 0 Å². The molecule has 0 aliphatic carbocycles. The Morgan fingerprint density at radius 3 is 3.15 bits per heavy atom. The molecular formula is C9H13NO3. The van der Waals surface area contributed by atoms with E-state index < -0.39 is 6.04 Å². The second-order valence-corrected chi connectivity index (χ2v) is 2.58. The molecule has 0 N–H and O–H groups in total. The van der Waals surface area contributed by atoms with Crippen LogP contribution in [0.25, 0.3) is 0 Å². The van der Waals surface area contributed by atoms with Crippen molar-refractivity contribution in [3.63, 3.8) is 0 Å². The first kappa shape index (κ1) is 9.77. The summed E-state index contributed by atoms with van der Waals surface area (Å²) in [4.78, 5) is 15.2. The Balaban J connectivity index is 2.56. The van der Waals surface area contributed by atoms with E-state index in [0.29, 0.717) is 6.61 Å². The summed E-state index contributed by atoms with van der Waals surface area (Å²) in [7, 11) is 0. The SMILES string of the molecule is CC=CC1OC=NC1C(=O)OCC. The molecule has 4 nitrogen and oxygen atoms in total. The maximum absolute atomic E-state index is 11.3. The standard InChI is InChI=1S/C9H13NO3/c1-3-5-7-8(10-6-13-7)9(11)12-4-2/h3,5-8H,4H2,1-2H3. The number of rotatable bonds is 3. The number of allylic oxidation sites excluding steroid dienone is 1. The van der Waals surface area contributed by atoms with Gasteiger partial charge in [0, 0.05) is 0 Å². The van der Waals surface area contributed by atoms with Crippen LogP contribution in [-0.2, 0) is 14.3 Å². The zero-order valence-corrected chi connectivity index (χ0v) is 7.77. The molecule has 0 bridgehead atoms. The fraction of sp³-hybridized carbons (Fsp3) is 0.556.